The quantitative estimate of drug-likeness (QED) is 0.413. The van der Waals surface area contributed by atoms with Crippen LogP contribution in [0, 0.1) is 5.82 Å². The zero-order valence-corrected chi connectivity index (χ0v) is 20.7. The lowest BCUT2D eigenvalue weighted by Crippen LogP contribution is -2.53. The van der Waals surface area contributed by atoms with Crippen LogP contribution in [0.1, 0.15) is 16.7 Å². The van der Waals surface area contributed by atoms with Crippen molar-refractivity contribution in [3.8, 4) is 11.1 Å². The summed E-state index contributed by atoms with van der Waals surface area (Å²) in [4.78, 5) is 13.2. The number of likely N-dealkylation sites (N-methyl/N-ethyl adjacent to an activating group) is 1. The summed E-state index contributed by atoms with van der Waals surface area (Å²) in [6.07, 6.45) is -12.2. The van der Waals surface area contributed by atoms with Crippen LogP contribution in [0.25, 0.3) is 11.1 Å². The van der Waals surface area contributed by atoms with Crippen LogP contribution in [0.4, 0.5) is 36.4 Å². The van der Waals surface area contributed by atoms with Crippen molar-refractivity contribution in [3.63, 3.8) is 0 Å². The number of amides is 1. The summed E-state index contributed by atoms with van der Waals surface area (Å²) in [5.41, 5.74) is -5.96. The minimum Gasteiger partial charge on any atom is -0.369 e. The Morgan fingerprint density at radius 1 is 0.872 bits per heavy atom. The van der Waals surface area contributed by atoms with Crippen molar-refractivity contribution >= 4 is 21.6 Å². The predicted octanol–water partition coefficient (Wildman–Crippen LogP) is 5.12. The van der Waals surface area contributed by atoms with E-state index >= 15 is 0 Å². The van der Waals surface area contributed by atoms with Crippen LogP contribution in [0.5, 0.6) is 0 Å². The lowest BCUT2D eigenvalue weighted by atomic mass is 9.90. The van der Waals surface area contributed by atoms with Crippen LogP contribution >= 0.6 is 0 Å². The number of hydrogen-bond acceptors (Lipinski definition) is 4. The molecule has 0 spiro atoms. The summed E-state index contributed by atoms with van der Waals surface area (Å²) < 4.78 is 121. The van der Waals surface area contributed by atoms with Crippen molar-refractivity contribution < 1.29 is 49.1 Å². The standard InChI is InChI=1S/C25H19F7N2O4S/c1-34-13-16-10-19(8-4-15(16)11-22(34)35)39(37,38)33-18-6-2-14(3-7-18)20-9-5-17(12-21(20)26)23(36,24(27,28)29)25(30,31)32/h2-10,12,33,36H,11,13H2,1H3. The van der Waals surface area contributed by atoms with E-state index in [1.807, 2.05) is 0 Å². The zero-order valence-electron chi connectivity index (χ0n) is 19.9. The number of aliphatic hydroxyl groups is 1. The molecule has 6 nitrogen and oxygen atoms in total. The van der Waals surface area contributed by atoms with Crippen LogP contribution in [0.3, 0.4) is 0 Å². The highest BCUT2D eigenvalue weighted by atomic mass is 32.2. The molecule has 0 fully saturated rings. The van der Waals surface area contributed by atoms with E-state index in [1.54, 1.807) is 13.1 Å². The zero-order chi connectivity index (χ0) is 29.0. The van der Waals surface area contributed by atoms with Gasteiger partial charge in [-0.1, -0.05) is 30.3 Å². The second-order valence-corrected chi connectivity index (χ2v) is 10.6. The van der Waals surface area contributed by atoms with Gasteiger partial charge in [0.1, 0.15) is 5.82 Å². The molecule has 1 aliphatic heterocycles. The molecule has 0 unspecified atom stereocenters. The second-order valence-electron chi connectivity index (χ2n) is 8.94. The smallest absolute Gasteiger partial charge is 0.369 e. The van der Waals surface area contributed by atoms with Gasteiger partial charge in [-0.25, -0.2) is 12.8 Å². The molecule has 39 heavy (non-hydrogen) atoms. The highest BCUT2D eigenvalue weighted by Gasteiger charge is 2.71. The monoisotopic (exact) mass is 576 g/mol. The number of carbonyl (C=O) groups excluding carboxylic acids is 1. The molecule has 1 aliphatic rings. The van der Waals surface area contributed by atoms with E-state index in [9.17, 15) is 49.1 Å². The van der Waals surface area contributed by atoms with E-state index in [4.69, 9.17) is 0 Å². The van der Waals surface area contributed by atoms with Crippen molar-refractivity contribution in [2.24, 2.45) is 0 Å². The number of sulfonamides is 1. The molecule has 14 heteroatoms. The first-order chi connectivity index (χ1) is 17.9. The summed E-state index contributed by atoms with van der Waals surface area (Å²) >= 11 is 0. The fraction of sp³-hybridized carbons (Fsp3) is 0.240. The fourth-order valence-corrected chi connectivity index (χ4v) is 5.23. The maximum absolute atomic E-state index is 14.6. The van der Waals surface area contributed by atoms with Gasteiger partial charge < -0.3 is 10.0 Å². The van der Waals surface area contributed by atoms with E-state index in [-0.39, 0.29) is 46.6 Å². The van der Waals surface area contributed by atoms with Crippen molar-refractivity contribution in [3.05, 3.63) is 83.2 Å². The maximum Gasteiger partial charge on any atom is 0.430 e. The number of carbonyl (C=O) groups is 1. The molecule has 208 valence electrons. The number of anilines is 1. The van der Waals surface area contributed by atoms with Crippen LogP contribution in [0.2, 0.25) is 0 Å². The molecule has 0 aliphatic carbocycles. The van der Waals surface area contributed by atoms with Gasteiger partial charge in [-0.2, -0.15) is 26.3 Å². The SMILES string of the molecule is CN1Cc2cc(S(=O)(=O)Nc3ccc(-c4ccc(C(O)(C(F)(F)F)C(F)(F)F)cc4F)cc3)ccc2CC1=O. The lowest BCUT2D eigenvalue weighted by Gasteiger charge is -2.32. The number of benzene rings is 3. The van der Waals surface area contributed by atoms with Crippen LogP contribution in [-0.2, 0) is 33.4 Å². The highest BCUT2D eigenvalue weighted by molar-refractivity contribution is 7.92. The van der Waals surface area contributed by atoms with Gasteiger partial charge in [-0.05, 0) is 47.0 Å². The molecular formula is C25H19F7N2O4S. The first-order valence-electron chi connectivity index (χ1n) is 11.1. The van der Waals surface area contributed by atoms with Gasteiger partial charge in [0.25, 0.3) is 15.6 Å². The molecule has 0 aromatic heterocycles. The topological polar surface area (TPSA) is 86.7 Å². The van der Waals surface area contributed by atoms with Gasteiger partial charge in [0.05, 0.1) is 11.3 Å². The Morgan fingerprint density at radius 2 is 1.49 bits per heavy atom. The maximum atomic E-state index is 14.6. The molecule has 4 rings (SSSR count). The first kappa shape index (κ1) is 28.4. The van der Waals surface area contributed by atoms with E-state index in [2.05, 4.69) is 4.72 Å². The third-order valence-electron chi connectivity index (χ3n) is 6.32. The second kappa shape index (κ2) is 9.52. The molecular weight excluding hydrogens is 557 g/mol. The Kier molecular flexibility index (Phi) is 6.92. The van der Waals surface area contributed by atoms with Crippen molar-refractivity contribution in [1.82, 2.24) is 4.90 Å². The molecule has 0 atom stereocenters. The van der Waals surface area contributed by atoms with Gasteiger partial charge >= 0.3 is 12.4 Å². The third kappa shape index (κ3) is 5.17. The van der Waals surface area contributed by atoms with Gasteiger partial charge in [0.2, 0.25) is 5.91 Å². The molecule has 0 radical (unpaired) electrons. The summed E-state index contributed by atoms with van der Waals surface area (Å²) in [5, 5.41) is 9.47. The fourth-order valence-electron chi connectivity index (χ4n) is 4.12. The van der Waals surface area contributed by atoms with E-state index < -0.39 is 39.4 Å². The highest BCUT2D eigenvalue weighted by Crippen LogP contribution is 2.50. The Labute approximate surface area is 217 Å². The van der Waals surface area contributed by atoms with Gasteiger partial charge in [-0.15, -0.1) is 0 Å². The minimum absolute atomic E-state index is 0.0195. The van der Waals surface area contributed by atoms with E-state index in [1.165, 1.54) is 41.3 Å². The predicted molar refractivity (Wildman–Crippen MR) is 125 cm³/mol. The molecule has 1 heterocycles. The molecule has 0 saturated carbocycles. The van der Waals surface area contributed by atoms with E-state index in [0.717, 1.165) is 0 Å². The van der Waals surface area contributed by atoms with Crippen LogP contribution in [-0.4, -0.2) is 43.7 Å². The molecule has 2 N–H and O–H groups in total. The van der Waals surface area contributed by atoms with Gasteiger partial charge in [-0.3, -0.25) is 9.52 Å². The lowest BCUT2D eigenvalue weighted by molar-refractivity contribution is -0.376. The number of halogens is 7. The number of nitrogens with one attached hydrogen (secondary N) is 1. The summed E-state index contributed by atoms with van der Waals surface area (Å²) in [7, 11) is -2.49. The van der Waals surface area contributed by atoms with Gasteiger partial charge in [0.15, 0.2) is 0 Å². The number of hydrogen-bond donors (Lipinski definition) is 2. The molecule has 0 saturated heterocycles. The van der Waals surface area contributed by atoms with Gasteiger partial charge in [0, 0.05) is 30.4 Å². The number of fused-ring (bicyclic) bond motifs is 1. The summed E-state index contributed by atoms with van der Waals surface area (Å²) in [5.74, 6) is -1.57. The number of alkyl halides is 6. The molecule has 3 aromatic rings. The van der Waals surface area contributed by atoms with Crippen molar-refractivity contribution in [1.29, 1.82) is 0 Å². The van der Waals surface area contributed by atoms with Crippen molar-refractivity contribution in [2.45, 2.75) is 35.8 Å². The number of rotatable bonds is 5. The Morgan fingerprint density at radius 3 is 2.05 bits per heavy atom. The largest absolute Gasteiger partial charge is 0.430 e. The number of nitrogens with zero attached hydrogens (tertiary/aromatic N) is 1. The molecule has 0 bridgehead atoms. The first-order valence-corrected chi connectivity index (χ1v) is 12.6. The summed E-state index contributed by atoms with van der Waals surface area (Å²) in [6, 6.07) is 10.1. The average Bonchev–Trinajstić information content (AvgIpc) is 2.83. The van der Waals surface area contributed by atoms with Crippen molar-refractivity contribution in [2.75, 3.05) is 11.8 Å². The van der Waals surface area contributed by atoms with Crippen LogP contribution in [0.15, 0.2) is 65.6 Å². The third-order valence-corrected chi connectivity index (χ3v) is 7.70. The molecule has 3 aromatic carbocycles. The average molecular weight is 576 g/mol. The Balaban J connectivity index is 1.57. The summed E-state index contributed by atoms with van der Waals surface area (Å²) in [6.45, 7) is 0.236. The Bertz CT molecular complexity index is 1520. The van der Waals surface area contributed by atoms with Crippen LogP contribution < -0.4 is 4.72 Å². The minimum atomic E-state index is -6.16. The molecule has 1 amide bonds. The normalized spacial score (nSPS) is 14.8. The Hall–Kier alpha value is -3.65. The van der Waals surface area contributed by atoms with E-state index in [0.29, 0.717) is 23.3 Å².